The van der Waals surface area contributed by atoms with E-state index in [0.29, 0.717) is 5.56 Å². The highest BCUT2D eigenvalue weighted by Crippen LogP contribution is 2.48. The first-order chi connectivity index (χ1) is 15.1. The normalized spacial score (nSPS) is 17.0. The molecule has 2 heterocycles. The summed E-state index contributed by atoms with van der Waals surface area (Å²) < 4.78 is 0. The fourth-order valence-corrected chi connectivity index (χ4v) is 4.89. The SMILES string of the molecule is CN1C(=O)C2(CCN(c3ccccc3)CC2)c2cc(C(=O)Nc3ccccc3)ccc21. The molecule has 5 heteroatoms. The summed E-state index contributed by atoms with van der Waals surface area (Å²) >= 11 is 0. The van der Waals surface area contributed by atoms with Crippen molar-refractivity contribution in [3.8, 4) is 0 Å². The third kappa shape index (κ3) is 3.26. The van der Waals surface area contributed by atoms with Gasteiger partial charge in [0.2, 0.25) is 5.91 Å². The van der Waals surface area contributed by atoms with E-state index in [1.54, 1.807) is 11.0 Å². The Morgan fingerprint density at radius 1 is 0.903 bits per heavy atom. The number of carbonyl (C=O) groups is 2. The van der Waals surface area contributed by atoms with Crippen LogP contribution in [0.2, 0.25) is 0 Å². The van der Waals surface area contributed by atoms with Crippen molar-refractivity contribution in [2.24, 2.45) is 0 Å². The lowest BCUT2D eigenvalue weighted by Gasteiger charge is -2.39. The Labute approximate surface area is 182 Å². The summed E-state index contributed by atoms with van der Waals surface area (Å²) in [6.45, 7) is 1.62. The molecule has 1 fully saturated rings. The van der Waals surface area contributed by atoms with E-state index < -0.39 is 5.41 Å². The summed E-state index contributed by atoms with van der Waals surface area (Å²) in [4.78, 5) is 30.3. The van der Waals surface area contributed by atoms with Gasteiger partial charge in [-0.2, -0.15) is 0 Å². The zero-order chi connectivity index (χ0) is 21.4. The number of benzene rings is 3. The largest absolute Gasteiger partial charge is 0.371 e. The number of piperidine rings is 1. The fraction of sp³-hybridized carbons (Fsp3) is 0.231. The van der Waals surface area contributed by atoms with Crippen LogP contribution < -0.4 is 15.1 Å². The summed E-state index contributed by atoms with van der Waals surface area (Å²) in [5.74, 6) is -0.0243. The van der Waals surface area contributed by atoms with E-state index in [4.69, 9.17) is 0 Å². The maximum atomic E-state index is 13.4. The van der Waals surface area contributed by atoms with Crippen molar-refractivity contribution in [2.75, 3.05) is 35.3 Å². The maximum Gasteiger partial charge on any atom is 0.255 e. The third-order valence-corrected chi connectivity index (χ3v) is 6.62. The molecule has 3 aromatic rings. The van der Waals surface area contributed by atoms with E-state index in [2.05, 4.69) is 22.3 Å². The average molecular weight is 412 g/mol. The molecule has 1 spiro atoms. The van der Waals surface area contributed by atoms with Crippen LogP contribution in [-0.4, -0.2) is 32.0 Å². The van der Waals surface area contributed by atoms with Gasteiger partial charge in [0, 0.05) is 42.8 Å². The highest BCUT2D eigenvalue weighted by atomic mass is 16.2. The van der Waals surface area contributed by atoms with Crippen LogP contribution in [0, 0.1) is 0 Å². The lowest BCUT2D eigenvalue weighted by molar-refractivity contribution is -0.123. The number of likely N-dealkylation sites (N-methyl/N-ethyl adjacent to an activating group) is 1. The van der Waals surface area contributed by atoms with Crippen molar-refractivity contribution in [1.29, 1.82) is 0 Å². The second-order valence-corrected chi connectivity index (χ2v) is 8.32. The van der Waals surface area contributed by atoms with Gasteiger partial charge in [0.05, 0.1) is 5.41 Å². The quantitative estimate of drug-likeness (QED) is 0.693. The number of rotatable bonds is 3. The molecule has 2 aliphatic rings. The molecule has 0 aromatic heterocycles. The summed E-state index contributed by atoms with van der Waals surface area (Å²) in [6, 6.07) is 25.4. The van der Waals surface area contributed by atoms with E-state index >= 15 is 0 Å². The van der Waals surface area contributed by atoms with Crippen LogP contribution in [0.5, 0.6) is 0 Å². The molecule has 0 unspecified atom stereocenters. The molecule has 2 amide bonds. The monoisotopic (exact) mass is 411 g/mol. The Morgan fingerprint density at radius 2 is 1.55 bits per heavy atom. The van der Waals surface area contributed by atoms with Crippen LogP contribution in [-0.2, 0) is 10.2 Å². The third-order valence-electron chi connectivity index (χ3n) is 6.62. The number of nitrogens with one attached hydrogen (secondary N) is 1. The predicted molar refractivity (Wildman–Crippen MR) is 124 cm³/mol. The van der Waals surface area contributed by atoms with Crippen molar-refractivity contribution in [3.63, 3.8) is 0 Å². The van der Waals surface area contributed by atoms with E-state index in [-0.39, 0.29) is 11.8 Å². The fourth-order valence-electron chi connectivity index (χ4n) is 4.89. The van der Waals surface area contributed by atoms with Gasteiger partial charge in [0.25, 0.3) is 5.91 Å². The number of para-hydroxylation sites is 2. The highest BCUT2D eigenvalue weighted by Gasteiger charge is 2.51. The minimum Gasteiger partial charge on any atom is -0.371 e. The number of amides is 2. The van der Waals surface area contributed by atoms with Crippen molar-refractivity contribution >= 4 is 28.9 Å². The van der Waals surface area contributed by atoms with Crippen LogP contribution in [0.15, 0.2) is 78.9 Å². The molecule has 1 N–H and O–H groups in total. The summed E-state index contributed by atoms with van der Waals surface area (Å²) in [5, 5.41) is 2.95. The van der Waals surface area contributed by atoms with Gasteiger partial charge in [0.1, 0.15) is 0 Å². The van der Waals surface area contributed by atoms with Gasteiger partial charge < -0.3 is 15.1 Å². The molecule has 3 aromatic carbocycles. The minimum absolute atomic E-state index is 0.135. The van der Waals surface area contributed by atoms with Crippen LogP contribution >= 0.6 is 0 Å². The molecule has 156 valence electrons. The molecule has 5 rings (SSSR count). The molecule has 2 aliphatic heterocycles. The van der Waals surface area contributed by atoms with Crippen LogP contribution in [0.3, 0.4) is 0 Å². The lowest BCUT2D eigenvalue weighted by Crippen LogP contribution is -2.48. The molecule has 5 nitrogen and oxygen atoms in total. The topological polar surface area (TPSA) is 52.7 Å². The first kappa shape index (κ1) is 19.4. The summed E-state index contributed by atoms with van der Waals surface area (Å²) in [6.07, 6.45) is 1.48. The first-order valence-electron chi connectivity index (χ1n) is 10.7. The molecule has 0 radical (unpaired) electrons. The Bertz CT molecular complexity index is 1120. The standard InChI is InChI=1S/C26H25N3O2/c1-28-23-13-12-19(24(30)27-20-8-4-2-5-9-20)18-22(23)26(25(28)31)14-16-29(17-15-26)21-10-6-3-7-11-21/h2-13,18H,14-17H2,1H3,(H,27,30). The van der Waals surface area contributed by atoms with Crippen LogP contribution in [0.25, 0.3) is 0 Å². The minimum atomic E-state index is -0.557. The summed E-state index contributed by atoms with van der Waals surface area (Å²) in [7, 11) is 1.84. The second kappa shape index (κ2) is 7.58. The van der Waals surface area contributed by atoms with E-state index in [0.717, 1.165) is 42.9 Å². The number of hydrogen-bond donors (Lipinski definition) is 1. The smallest absolute Gasteiger partial charge is 0.255 e. The van der Waals surface area contributed by atoms with Gasteiger partial charge >= 0.3 is 0 Å². The molecule has 1 saturated heterocycles. The predicted octanol–water partition coefficient (Wildman–Crippen LogP) is 4.45. The van der Waals surface area contributed by atoms with Crippen molar-refractivity contribution < 1.29 is 9.59 Å². The van der Waals surface area contributed by atoms with E-state index in [1.165, 1.54) is 5.69 Å². The van der Waals surface area contributed by atoms with Crippen molar-refractivity contribution in [3.05, 3.63) is 90.0 Å². The van der Waals surface area contributed by atoms with Crippen LogP contribution in [0.4, 0.5) is 17.1 Å². The van der Waals surface area contributed by atoms with Gasteiger partial charge in [-0.3, -0.25) is 9.59 Å². The number of fused-ring (bicyclic) bond motifs is 2. The lowest BCUT2D eigenvalue weighted by atomic mass is 9.73. The highest BCUT2D eigenvalue weighted by molar-refractivity contribution is 6.10. The first-order valence-corrected chi connectivity index (χ1v) is 10.7. The number of anilines is 3. The van der Waals surface area contributed by atoms with Crippen molar-refractivity contribution in [2.45, 2.75) is 18.3 Å². The van der Waals surface area contributed by atoms with Gasteiger partial charge in [-0.15, -0.1) is 0 Å². The van der Waals surface area contributed by atoms with Gasteiger partial charge in [-0.1, -0.05) is 36.4 Å². The number of carbonyl (C=O) groups excluding carboxylic acids is 2. The van der Waals surface area contributed by atoms with Crippen molar-refractivity contribution in [1.82, 2.24) is 0 Å². The van der Waals surface area contributed by atoms with Gasteiger partial charge in [-0.05, 0) is 60.9 Å². The molecular weight excluding hydrogens is 386 g/mol. The molecule has 0 bridgehead atoms. The number of hydrogen-bond acceptors (Lipinski definition) is 3. The Balaban J connectivity index is 1.43. The van der Waals surface area contributed by atoms with Gasteiger partial charge in [0.15, 0.2) is 0 Å². The number of nitrogens with zero attached hydrogens (tertiary/aromatic N) is 2. The molecular formula is C26H25N3O2. The molecule has 31 heavy (non-hydrogen) atoms. The van der Waals surface area contributed by atoms with E-state index in [1.807, 2.05) is 67.7 Å². The maximum absolute atomic E-state index is 13.4. The Morgan fingerprint density at radius 3 is 2.23 bits per heavy atom. The second-order valence-electron chi connectivity index (χ2n) is 8.32. The van der Waals surface area contributed by atoms with Crippen LogP contribution in [0.1, 0.15) is 28.8 Å². The van der Waals surface area contributed by atoms with E-state index in [9.17, 15) is 9.59 Å². The Hall–Kier alpha value is -3.60. The average Bonchev–Trinajstić information content (AvgIpc) is 3.02. The molecule has 0 saturated carbocycles. The molecule has 0 aliphatic carbocycles. The van der Waals surface area contributed by atoms with Gasteiger partial charge in [-0.25, -0.2) is 0 Å². The zero-order valence-corrected chi connectivity index (χ0v) is 17.5. The zero-order valence-electron chi connectivity index (χ0n) is 17.5. The molecule has 0 atom stereocenters. The summed E-state index contributed by atoms with van der Waals surface area (Å²) in [5.41, 5.74) is 3.86. The Kier molecular flexibility index (Phi) is 4.74.